The molecule has 1 heterocycles. The normalized spacial score (nSPS) is 27.9. The van der Waals surface area contributed by atoms with Gasteiger partial charge in [0.05, 0.1) is 18.2 Å². The maximum atomic E-state index is 8.85. The summed E-state index contributed by atoms with van der Waals surface area (Å²) in [6.07, 6.45) is 1.28. The lowest BCUT2D eigenvalue weighted by Crippen LogP contribution is -2.28. The molecule has 2 atom stereocenters. The van der Waals surface area contributed by atoms with Gasteiger partial charge in [0, 0.05) is 19.7 Å². The predicted octanol–water partition coefficient (Wildman–Crippen LogP) is -0.400. The molecule has 0 aromatic heterocycles. The van der Waals surface area contributed by atoms with Gasteiger partial charge in [-0.1, -0.05) is 12.2 Å². The first-order chi connectivity index (χ1) is 6.19. The van der Waals surface area contributed by atoms with Gasteiger partial charge in [-0.15, -0.1) is 0 Å². The Morgan fingerprint density at radius 1 is 1.77 bits per heavy atom. The van der Waals surface area contributed by atoms with Gasteiger partial charge in [0.1, 0.15) is 0 Å². The molecule has 1 fully saturated rings. The number of likely N-dealkylation sites (N-methyl/N-ethyl adjacent to an activating group) is 1. The quantitative estimate of drug-likeness (QED) is 0.602. The van der Waals surface area contributed by atoms with Crippen molar-refractivity contribution in [3.8, 4) is 0 Å². The summed E-state index contributed by atoms with van der Waals surface area (Å²) in [5.41, 5.74) is 5.62. The number of aliphatic hydroxyl groups excluding tert-OH is 1. The van der Waals surface area contributed by atoms with Gasteiger partial charge in [-0.3, -0.25) is 4.90 Å². The van der Waals surface area contributed by atoms with Crippen LogP contribution in [0.15, 0.2) is 0 Å². The zero-order valence-corrected chi connectivity index (χ0v) is 8.96. The average Bonchev–Trinajstić information content (AvgIpc) is 2.47. The summed E-state index contributed by atoms with van der Waals surface area (Å²) in [5.74, 6) is 0. The van der Waals surface area contributed by atoms with E-state index in [9.17, 15) is 0 Å². The molecular formula is C8H18N2O2S. The van der Waals surface area contributed by atoms with Crippen LogP contribution in [0.5, 0.6) is 0 Å². The minimum atomic E-state index is 0.246. The fraction of sp³-hybridized carbons (Fsp3) is 0.875. The summed E-state index contributed by atoms with van der Waals surface area (Å²) in [6.45, 7) is 1.19. The molecule has 0 spiro atoms. The molecule has 0 amide bonds. The summed E-state index contributed by atoms with van der Waals surface area (Å²) in [7, 11) is 3.73. The summed E-state index contributed by atoms with van der Waals surface area (Å²) in [4.78, 5) is 2.13. The number of thiocarbonyl (C=S) groups is 1. The van der Waals surface area contributed by atoms with Crippen LogP contribution in [0.1, 0.15) is 6.42 Å². The van der Waals surface area contributed by atoms with Gasteiger partial charge in [-0.05, 0) is 13.5 Å². The van der Waals surface area contributed by atoms with E-state index in [1.54, 1.807) is 7.11 Å². The molecule has 4 nitrogen and oxygen atoms in total. The van der Waals surface area contributed by atoms with Crippen molar-refractivity contribution in [3.63, 3.8) is 0 Å². The lowest BCUT2D eigenvalue weighted by atomic mass is 10.2. The third-order valence-electron chi connectivity index (χ3n) is 2.19. The van der Waals surface area contributed by atoms with Gasteiger partial charge >= 0.3 is 0 Å². The molecule has 1 aliphatic rings. The van der Waals surface area contributed by atoms with Gasteiger partial charge in [0.25, 0.3) is 0 Å². The number of hydrogen-bond donors (Lipinski definition) is 2. The van der Waals surface area contributed by atoms with Crippen molar-refractivity contribution in [2.24, 2.45) is 5.73 Å². The van der Waals surface area contributed by atoms with E-state index in [0.29, 0.717) is 12.1 Å². The molecule has 13 heavy (non-hydrogen) atoms. The van der Waals surface area contributed by atoms with Crippen LogP contribution in [0.25, 0.3) is 0 Å². The first kappa shape index (κ1) is 12.8. The smallest absolute Gasteiger partial charge is 0.0714 e. The molecule has 1 aliphatic heterocycles. The molecule has 0 aliphatic carbocycles. The fourth-order valence-electron chi connectivity index (χ4n) is 1.41. The Morgan fingerprint density at radius 3 is 2.54 bits per heavy atom. The first-order valence-electron chi connectivity index (χ1n) is 4.18. The van der Waals surface area contributed by atoms with Crippen molar-refractivity contribution in [1.29, 1.82) is 0 Å². The van der Waals surface area contributed by atoms with E-state index in [-0.39, 0.29) is 6.61 Å². The SMILES string of the molecule is COC1CC(CO)N(C)C1.NC=S. The Balaban J connectivity index is 0.000000424. The molecule has 5 heteroatoms. The summed E-state index contributed by atoms with van der Waals surface area (Å²) in [5, 5.41) is 8.85. The van der Waals surface area contributed by atoms with Crippen molar-refractivity contribution in [1.82, 2.24) is 4.90 Å². The molecule has 1 rings (SSSR count). The monoisotopic (exact) mass is 206 g/mol. The summed E-state index contributed by atoms with van der Waals surface area (Å²) in [6, 6.07) is 0.310. The molecule has 1 saturated heterocycles. The van der Waals surface area contributed by atoms with Gasteiger partial charge < -0.3 is 15.6 Å². The highest BCUT2D eigenvalue weighted by Crippen LogP contribution is 2.16. The van der Waals surface area contributed by atoms with E-state index in [1.807, 2.05) is 7.05 Å². The molecule has 0 saturated carbocycles. The summed E-state index contributed by atoms with van der Waals surface area (Å²) >= 11 is 4.05. The van der Waals surface area contributed by atoms with Crippen LogP contribution in [-0.2, 0) is 4.74 Å². The van der Waals surface area contributed by atoms with Crippen LogP contribution in [0.4, 0.5) is 0 Å². The van der Waals surface area contributed by atoms with Crippen molar-refractivity contribution in [2.45, 2.75) is 18.6 Å². The van der Waals surface area contributed by atoms with Crippen molar-refractivity contribution < 1.29 is 9.84 Å². The third-order valence-corrected chi connectivity index (χ3v) is 2.19. The van der Waals surface area contributed by atoms with E-state index in [2.05, 4.69) is 22.9 Å². The van der Waals surface area contributed by atoms with Crippen molar-refractivity contribution >= 4 is 17.7 Å². The zero-order chi connectivity index (χ0) is 10.3. The van der Waals surface area contributed by atoms with E-state index in [0.717, 1.165) is 18.5 Å². The number of rotatable bonds is 2. The number of ether oxygens (including phenoxy) is 1. The Kier molecular flexibility index (Phi) is 7.07. The number of nitrogens with zero attached hydrogens (tertiary/aromatic N) is 1. The molecule has 2 unspecified atom stereocenters. The first-order valence-corrected chi connectivity index (χ1v) is 4.66. The minimum absolute atomic E-state index is 0.246. The highest BCUT2D eigenvalue weighted by Gasteiger charge is 2.28. The van der Waals surface area contributed by atoms with Crippen LogP contribution < -0.4 is 5.73 Å². The van der Waals surface area contributed by atoms with E-state index >= 15 is 0 Å². The highest BCUT2D eigenvalue weighted by atomic mass is 32.1. The number of methoxy groups -OCH3 is 1. The molecule has 0 aromatic rings. The molecule has 0 radical (unpaired) electrons. The average molecular weight is 206 g/mol. The highest BCUT2D eigenvalue weighted by molar-refractivity contribution is 7.78. The second-order valence-electron chi connectivity index (χ2n) is 3.01. The Labute approximate surface area is 84.7 Å². The maximum absolute atomic E-state index is 8.85. The van der Waals surface area contributed by atoms with Crippen LogP contribution in [0.2, 0.25) is 0 Å². The predicted molar refractivity (Wildman–Crippen MR) is 56.8 cm³/mol. The Hall–Kier alpha value is -0.230. The molecule has 3 N–H and O–H groups in total. The summed E-state index contributed by atoms with van der Waals surface area (Å²) < 4.78 is 5.16. The largest absolute Gasteiger partial charge is 0.396 e. The van der Waals surface area contributed by atoms with Gasteiger partial charge in [-0.2, -0.15) is 0 Å². The van der Waals surface area contributed by atoms with Crippen LogP contribution in [0.3, 0.4) is 0 Å². The van der Waals surface area contributed by atoms with Gasteiger partial charge in [0.2, 0.25) is 0 Å². The Morgan fingerprint density at radius 2 is 2.31 bits per heavy atom. The molecule has 0 bridgehead atoms. The van der Waals surface area contributed by atoms with Gasteiger partial charge in [0.15, 0.2) is 0 Å². The van der Waals surface area contributed by atoms with Crippen molar-refractivity contribution in [2.75, 3.05) is 27.3 Å². The van der Waals surface area contributed by atoms with Gasteiger partial charge in [-0.25, -0.2) is 0 Å². The fourth-order valence-corrected chi connectivity index (χ4v) is 1.41. The topological polar surface area (TPSA) is 58.7 Å². The minimum Gasteiger partial charge on any atom is -0.396 e. The standard InChI is InChI=1S/C7H15NO2.CH3NS/c1-8-4-7(10-2)3-6(8)5-9;2-1-3/h6-7,9H,3-5H2,1-2H3;1H,(H2,2,3). The number of nitrogens with two attached hydrogens (primary N) is 1. The molecule has 78 valence electrons. The lowest BCUT2D eigenvalue weighted by molar-refractivity contribution is 0.111. The van der Waals surface area contributed by atoms with E-state index in [4.69, 9.17) is 9.84 Å². The van der Waals surface area contributed by atoms with Crippen molar-refractivity contribution in [3.05, 3.63) is 0 Å². The lowest BCUT2D eigenvalue weighted by Gasteiger charge is -2.14. The second kappa shape index (κ2) is 7.20. The third kappa shape index (κ3) is 4.52. The Bertz CT molecular complexity index is 146. The van der Waals surface area contributed by atoms with Crippen LogP contribution in [-0.4, -0.2) is 55.0 Å². The number of likely N-dealkylation sites (tertiary alicyclic amines) is 1. The van der Waals surface area contributed by atoms with Crippen LogP contribution in [0, 0.1) is 0 Å². The zero-order valence-electron chi connectivity index (χ0n) is 8.14. The van der Waals surface area contributed by atoms with E-state index in [1.165, 1.54) is 0 Å². The maximum Gasteiger partial charge on any atom is 0.0714 e. The van der Waals surface area contributed by atoms with E-state index < -0.39 is 0 Å². The second-order valence-corrected chi connectivity index (χ2v) is 3.28. The number of aliphatic hydroxyl groups is 1. The number of hydrogen-bond acceptors (Lipinski definition) is 4. The molecular weight excluding hydrogens is 188 g/mol. The van der Waals surface area contributed by atoms with Crippen LogP contribution >= 0.6 is 12.2 Å². The molecule has 0 aromatic carbocycles.